The number of sulfonamides is 1. The van der Waals surface area contributed by atoms with Gasteiger partial charge in [-0.25, -0.2) is 8.42 Å². The van der Waals surface area contributed by atoms with Crippen molar-refractivity contribution >= 4 is 66.7 Å². The highest BCUT2D eigenvalue weighted by Gasteiger charge is 2.34. The summed E-state index contributed by atoms with van der Waals surface area (Å²) in [7, 11) is -3.90. The normalized spacial score (nSPS) is 14.4. The van der Waals surface area contributed by atoms with Crippen LogP contribution in [0.2, 0.25) is 10.0 Å². The number of carbonyl (C=O) groups excluding carboxylic acids is 2. The number of halogens is 3. The number of carbonyl (C=O) groups is 2. The molecule has 0 aliphatic heterocycles. The Hall–Kier alpha value is -2.59. The Morgan fingerprint density at radius 2 is 1.61 bits per heavy atom. The topological polar surface area (TPSA) is 86.8 Å². The first-order valence-electron chi connectivity index (χ1n) is 13.3. The molecule has 0 heterocycles. The van der Waals surface area contributed by atoms with Crippen LogP contribution in [0.15, 0.2) is 77.3 Å². The van der Waals surface area contributed by atoms with Crippen LogP contribution in [-0.2, 0) is 32.6 Å². The molecule has 1 fully saturated rings. The van der Waals surface area contributed by atoms with Crippen molar-refractivity contribution in [3.8, 4) is 0 Å². The maximum atomic E-state index is 14.1. The van der Waals surface area contributed by atoms with E-state index in [4.69, 9.17) is 23.2 Å². The zero-order valence-electron chi connectivity index (χ0n) is 22.6. The van der Waals surface area contributed by atoms with Gasteiger partial charge < -0.3 is 10.2 Å². The van der Waals surface area contributed by atoms with Gasteiger partial charge in [0.2, 0.25) is 21.8 Å². The van der Waals surface area contributed by atoms with Gasteiger partial charge in [-0.15, -0.1) is 0 Å². The van der Waals surface area contributed by atoms with E-state index in [-0.39, 0.29) is 40.6 Å². The molecule has 1 saturated carbocycles. The third kappa shape index (κ3) is 8.70. The van der Waals surface area contributed by atoms with E-state index < -0.39 is 28.5 Å². The van der Waals surface area contributed by atoms with Crippen LogP contribution in [0.5, 0.6) is 0 Å². The monoisotopic (exact) mass is 679 g/mol. The lowest BCUT2D eigenvalue weighted by molar-refractivity contribution is -0.140. The maximum Gasteiger partial charge on any atom is 0.244 e. The van der Waals surface area contributed by atoms with Gasteiger partial charge in [-0.3, -0.25) is 13.9 Å². The highest BCUT2D eigenvalue weighted by atomic mass is 79.9. The molecule has 0 spiro atoms. The van der Waals surface area contributed by atoms with Gasteiger partial charge in [-0.2, -0.15) is 0 Å². The number of hydrogen-bond acceptors (Lipinski definition) is 4. The fraction of sp³-hybridized carbons (Fsp3) is 0.333. The molecule has 0 radical (unpaired) electrons. The van der Waals surface area contributed by atoms with Crippen molar-refractivity contribution in [3.63, 3.8) is 0 Å². The first kappa shape index (κ1) is 31.3. The predicted molar refractivity (Wildman–Crippen MR) is 168 cm³/mol. The molecular weight excluding hydrogens is 649 g/mol. The fourth-order valence-corrected chi connectivity index (χ4v) is 6.36. The highest BCUT2D eigenvalue weighted by Crippen LogP contribution is 2.29. The van der Waals surface area contributed by atoms with E-state index in [1.54, 1.807) is 0 Å². The van der Waals surface area contributed by atoms with Crippen LogP contribution in [0.3, 0.4) is 0 Å². The average Bonchev–Trinajstić information content (AvgIpc) is 3.45. The standard InChI is InChI=1S/C30H32BrCl2N3O4S/c1-41(39,40)36(25-15-16-26(32)27(33)18-25)20-29(37)35(19-22-11-13-23(31)14-12-22)28(17-21-7-3-2-4-8-21)30(38)34-24-9-5-6-10-24/h2-4,7-8,11-16,18,24,28H,5-6,9-10,17,19-20H2,1H3,(H,34,38). The molecule has 1 unspecified atom stereocenters. The molecule has 1 atom stereocenters. The van der Waals surface area contributed by atoms with E-state index in [9.17, 15) is 18.0 Å². The van der Waals surface area contributed by atoms with E-state index in [0.717, 1.165) is 51.8 Å². The van der Waals surface area contributed by atoms with E-state index in [1.807, 2.05) is 54.6 Å². The van der Waals surface area contributed by atoms with Crippen molar-refractivity contribution in [1.82, 2.24) is 10.2 Å². The summed E-state index contributed by atoms with van der Waals surface area (Å²) < 4.78 is 27.7. The Labute approximate surface area is 260 Å². The number of nitrogens with zero attached hydrogens (tertiary/aromatic N) is 2. The molecule has 7 nitrogen and oxygen atoms in total. The van der Waals surface area contributed by atoms with Crippen molar-refractivity contribution < 1.29 is 18.0 Å². The molecule has 1 aliphatic rings. The molecule has 2 amide bonds. The van der Waals surface area contributed by atoms with Gasteiger partial charge in [0.25, 0.3) is 0 Å². The lowest BCUT2D eigenvalue weighted by atomic mass is 10.0. The molecule has 1 N–H and O–H groups in total. The molecule has 0 bridgehead atoms. The van der Waals surface area contributed by atoms with Gasteiger partial charge in [-0.1, -0.05) is 94.4 Å². The largest absolute Gasteiger partial charge is 0.352 e. The summed E-state index contributed by atoms with van der Waals surface area (Å²) in [6.07, 6.45) is 5.17. The second kappa shape index (κ2) is 14.1. The Morgan fingerprint density at radius 1 is 0.951 bits per heavy atom. The second-order valence-electron chi connectivity index (χ2n) is 10.2. The summed E-state index contributed by atoms with van der Waals surface area (Å²) >= 11 is 15.7. The van der Waals surface area contributed by atoms with Crippen LogP contribution < -0.4 is 9.62 Å². The van der Waals surface area contributed by atoms with E-state index in [0.29, 0.717) is 0 Å². The minimum absolute atomic E-state index is 0.0501. The third-order valence-electron chi connectivity index (χ3n) is 7.11. The Bertz CT molecular complexity index is 1470. The second-order valence-corrected chi connectivity index (χ2v) is 13.8. The average molecular weight is 681 g/mol. The van der Waals surface area contributed by atoms with Gasteiger partial charge in [0.15, 0.2) is 0 Å². The van der Waals surface area contributed by atoms with Gasteiger partial charge in [0.05, 0.1) is 22.0 Å². The predicted octanol–water partition coefficient (Wildman–Crippen LogP) is 6.22. The molecule has 41 heavy (non-hydrogen) atoms. The number of amides is 2. The Kier molecular flexibility index (Phi) is 10.7. The summed E-state index contributed by atoms with van der Waals surface area (Å²) in [5.41, 5.74) is 1.89. The summed E-state index contributed by atoms with van der Waals surface area (Å²) in [6.45, 7) is -0.407. The maximum absolute atomic E-state index is 14.1. The molecule has 0 aromatic heterocycles. The molecule has 4 rings (SSSR count). The Balaban J connectivity index is 1.72. The van der Waals surface area contributed by atoms with Crippen molar-refractivity contribution in [2.24, 2.45) is 0 Å². The molecule has 3 aromatic rings. The fourth-order valence-electron chi connectivity index (χ4n) is 4.96. The van der Waals surface area contributed by atoms with Crippen LogP contribution in [-0.4, -0.2) is 50.0 Å². The van der Waals surface area contributed by atoms with E-state index in [1.165, 1.54) is 23.1 Å². The van der Waals surface area contributed by atoms with Crippen LogP contribution in [0, 0.1) is 0 Å². The van der Waals surface area contributed by atoms with Crippen molar-refractivity contribution in [3.05, 3.63) is 98.4 Å². The molecule has 11 heteroatoms. The zero-order valence-corrected chi connectivity index (χ0v) is 26.5. The third-order valence-corrected chi connectivity index (χ3v) is 9.52. The number of hydrogen-bond donors (Lipinski definition) is 1. The SMILES string of the molecule is CS(=O)(=O)N(CC(=O)N(Cc1ccc(Br)cc1)C(Cc1ccccc1)C(=O)NC1CCCC1)c1ccc(Cl)c(Cl)c1. The van der Waals surface area contributed by atoms with Crippen molar-refractivity contribution in [2.75, 3.05) is 17.1 Å². The van der Waals surface area contributed by atoms with E-state index in [2.05, 4.69) is 21.2 Å². The van der Waals surface area contributed by atoms with Crippen LogP contribution in [0.25, 0.3) is 0 Å². The van der Waals surface area contributed by atoms with Gasteiger partial charge in [0, 0.05) is 23.5 Å². The summed E-state index contributed by atoms with van der Waals surface area (Å²) in [5, 5.41) is 3.58. The summed E-state index contributed by atoms with van der Waals surface area (Å²) in [4.78, 5) is 29.5. The molecule has 1 aliphatic carbocycles. The molecule has 218 valence electrons. The van der Waals surface area contributed by atoms with Crippen molar-refractivity contribution in [1.29, 1.82) is 0 Å². The highest BCUT2D eigenvalue weighted by molar-refractivity contribution is 9.10. The molecule has 3 aromatic carbocycles. The minimum atomic E-state index is -3.90. The van der Waals surface area contributed by atoms with Crippen LogP contribution in [0.4, 0.5) is 5.69 Å². The minimum Gasteiger partial charge on any atom is -0.352 e. The van der Waals surface area contributed by atoms with Crippen LogP contribution in [0.1, 0.15) is 36.8 Å². The van der Waals surface area contributed by atoms with E-state index >= 15 is 0 Å². The van der Waals surface area contributed by atoms with Crippen LogP contribution >= 0.6 is 39.1 Å². The lowest BCUT2D eigenvalue weighted by Gasteiger charge is -2.34. The number of rotatable bonds is 11. The first-order valence-corrected chi connectivity index (χ1v) is 16.7. The quantitative estimate of drug-likeness (QED) is 0.261. The molecular formula is C30H32BrCl2N3O4S. The molecule has 0 saturated heterocycles. The van der Waals surface area contributed by atoms with Gasteiger partial charge >= 0.3 is 0 Å². The van der Waals surface area contributed by atoms with Gasteiger partial charge in [0.1, 0.15) is 12.6 Å². The number of nitrogens with one attached hydrogen (secondary N) is 1. The zero-order chi connectivity index (χ0) is 29.6. The summed E-state index contributed by atoms with van der Waals surface area (Å²) in [6, 6.07) is 20.5. The van der Waals surface area contributed by atoms with Gasteiger partial charge in [-0.05, 0) is 54.3 Å². The number of benzene rings is 3. The smallest absolute Gasteiger partial charge is 0.244 e. The Morgan fingerprint density at radius 3 is 2.22 bits per heavy atom. The number of anilines is 1. The lowest BCUT2D eigenvalue weighted by Crippen LogP contribution is -2.54. The summed E-state index contributed by atoms with van der Waals surface area (Å²) in [5.74, 6) is -0.779. The first-order chi connectivity index (χ1) is 19.5. The van der Waals surface area contributed by atoms with Crippen molar-refractivity contribution in [2.45, 2.75) is 50.7 Å².